The molecule has 1 aliphatic carbocycles. The van der Waals surface area contributed by atoms with Gasteiger partial charge in [-0.1, -0.05) is 50.5 Å². The number of rotatable bonds is 6. The molecule has 1 aliphatic rings. The Morgan fingerprint density at radius 3 is 2.89 bits per heavy atom. The fourth-order valence-electron chi connectivity index (χ4n) is 2.91. The third-order valence-electron chi connectivity index (χ3n) is 4.08. The minimum atomic E-state index is 0.0462. The van der Waals surface area contributed by atoms with Gasteiger partial charge in [0.2, 0.25) is 0 Å². The van der Waals surface area contributed by atoms with Gasteiger partial charge in [-0.3, -0.25) is 0 Å². The second-order valence-electron chi connectivity index (χ2n) is 5.59. The van der Waals surface area contributed by atoms with Crippen LogP contribution in [-0.2, 0) is 11.2 Å². The van der Waals surface area contributed by atoms with E-state index in [1.807, 2.05) is 0 Å². The first-order chi connectivity index (χ1) is 9.33. The number of ether oxygens (including phenoxy) is 1. The van der Waals surface area contributed by atoms with E-state index in [9.17, 15) is 0 Å². The van der Waals surface area contributed by atoms with Gasteiger partial charge in [-0.15, -0.1) is 0 Å². The molecule has 0 aliphatic heterocycles. The van der Waals surface area contributed by atoms with Gasteiger partial charge in [0.05, 0.1) is 12.1 Å². The molecule has 19 heavy (non-hydrogen) atoms. The van der Waals surface area contributed by atoms with Crippen LogP contribution in [0.4, 0.5) is 0 Å². The molecule has 0 amide bonds. The minimum absolute atomic E-state index is 0.0462. The van der Waals surface area contributed by atoms with Gasteiger partial charge in [0.25, 0.3) is 0 Å². The maximum atomic E-state index is 6.41. The Kier molecular flexibility index (Phi) is 5.87. The highest BCUT2D eigenvalue weighted by Crippen LogP contribution is 2.29. The molecule has 2 unspecified atom stereocenters. The Labute approximate surface area is 117 Å². The quantitative estimate of drug-likeness (QED) is 0.621. The van der Waals surface area contributed by atoms with Gasteiger partial charge in [0.15, 0.2) is 0 Å². The summed E-state index contributed by atoms with van der Waals surface area (Å²) in [5.41, 5.74) is 9.11. The van der Waals surface area contributed by atoms with Crippen molar-refractivity contribution < 1.29 is 4.74 Å². The normalized spacial score (nSPS) is 22.8. The summed E-state index contributed by atoms with van der Waals surface area (Å²) in [6, 6.07) is 8.61. The number of benzene rings is 1. The zero-order chi connectivity index (χ0) is 13.5. The molecule has 2 rings (SSSR count). The van der Waals surface area contributed by atoms with E-state index in [1.54, 1.807) is 0 Å². The SMILES string of the molecule is CCCCCCOC1CCCc2ccccc2C1N. The van der Waals surface area contributed by atoms with Gasteiger partial charge in [-0.25, -0.2) is 0 Å². The average Bonchev–Trinajstić information content (AvgIpc) is 2.59. The molecule has 0 aromatic heterocycles. The second-order valence-corrected chi connectivity index (χ2v) is 5.59. The Balaban J connectivity index is 1.88. The molecule has 2 N–H and O–H groups in total. The molecule has 106 valence electrons. The highest BCUT2D eigenvalue weighted by molar-refractivity contribution is 5.31. The lowest BCUT2D eigenvalue weighted by atomic mass is 9.98. The lowest BCUT2D eigenvalue weighted by Crippen LogP contribution is -2.28. The van der Waals surface area contributed by atoms with E-state index in [2.05, 4.69) is 31.2 Å². The molecule has 0 saturated carbocycles. The van der Waals surface area contributed by atoms with Crippen LogP contribution in [0.1, 0.15) is 62.6 Å². The van der Waals surface area contributed by atoms with Crippen molar-refractivity contribution in [2.45, 2.75) is 64.0 Å². The second kappa shape index (κ2) is 7.66. The first-order valence-electron chi connectivity index (χ1n) is 7.78. The minimum Gasteiger partial charge on any atom is -0.376 e. The molecule has 1 aromatic carbocycles. The summed E-state index contributed by atoms with van der Waals surface area (Å²) in [6.45, 7) is 3.10. The summed E-state index contributed by atoms with van der Waals surface area (Å²) in [6.07, 6.45) is 8.63. The fourth-order valence-corrected chi connectivity index (χ4v) is 2.91. The maximum Gasteiger partial charge on any atom is 0.0767 e. The number of aryl methyl sites for hydroxylation is 1. The van der Waals surface area contributed by atoms with Gasteiger partial charge in [-0.05, 0) is 36.8 Å². The smallest absolute Gasteiger partial charge is 0.0767 e. The van der Waals surface area contributed by atoms with Crippen molar-refractivity contribution >= 4 is 0 Å². The van der Waals surface area contributed by atoms with E-state index < -0.39 is 0 Å². The lowest BCUT2D eigenvalue weighted by molar-refractivity contribution is 0.0278. The van der Waals surface area contributed by atoms with Crippen molar-refractivity contribution in [2.24, 2.45) is 5.73 Å². The summed E-state index contributed by atoms with van der Waals surface area (Å²) in [5.74, 6) is 0. The lowest BCUT2D eigenvalue weighted by Gasteiger charge is -2.23. The van der Waals surface area contributed by atoms with E-state index >= 15 is 0 Å². The van der Waals surface area contributed by atoms with Crippen LogP contribution < -0.4 is 5.73 Å². The Bertz CT molecular complexity index is 377. The van der Waals surface area contributed by atoms with Gasteiger partial charge in [-0.2, -0.15) is 0 Å². The molecular weight excluding hydrogens is 234 g/mol. The predicted octanol–water partition coefficient (Wildman–Crippen LogP) is 3.99. The molecule has 0 heterocycles. The Hall–Kier alpha value is -0.860. The van der Waals surface area contributed by atoms with Crippen molar-refractivity contribution in [3.63, 3.8) is 0 Å². The number of fused-ring (bicyclic) bond motifs is 1. The van der Waals surface area contributed by atoms with Crippen molar-refractivity contribution in [1.29, 1.82) is 0 Å². The average molecular weight is 261 g/mol. The maximum absolute atomic E-state index is 6.41. The van der Waals surface area contributed by atoms with Crippen molar-refractivity contribution in [1.82, 2.24) is 0 Å². The number of nitrogens with two attached hydrogens (primary N) is 1. The van der Waals surface area contributed by atoms with Crippen LogP contribution in [0.2, 0.25) is 0 Å². The van der Waals surface area contributed by atoms with Crippen molar-refractivity contribution in [2.75, 3.05) is 6.61 Å². The molecule has 2 nitrogen and oxygen atoms in total. The predicted molar refractivity (Wildman–Crippen MR) is 80.2 cm³/mol. The molecule has 0 bridgehead atoms. The summed E-state index contributed by atoms with van der Waals surface area (Å²) in [5, 5.41) is 0. The largest absolute Gasteiger partial charge is 0.376 e. The Morgan fingerprint density at radius 1 is 1.21 bits per heavy atom. The van der Waals surface area contributed by atoms with Crippen LogP contribution in [0.25, 0.3) is 0 Å². The third-order valence-corrected chi connectivity index (χ3v) is 4.08. The van der Waals surface area contributed by atoms with Crippen molar-refractivity contribution in [3.05, 3.63) is 35.4 Å². The third kappa shape index (κ3) is 4.05. The van der Waals surface area contributed by atoms with Gasteiger partial charge in [0, 0.05) is 6.61 Å². The topological polar surface area (TPSA) is 35.2 Å². The van der Waals surface area contributed by atoms with Crippen LogP contribution in [0, 0.1) is 0 Å². The zero-order valence-electron chi connectivity index (χ0n) is 12.1. The molecule has 0 fully saturated rings. The molecule has 2 atom stereocenters. The highest BCUT2D eigenvalue weighted by Gasteiger charge is 2.24. The fraction of sp³-hybridized carbons (Fsp3) is 0.647. The van der Waals surface area contributed by atoms with Gasteiger partial charge >= 0.3 is 0 Å². The van der Waals surface area contributed by atoms with E-state index in [0.717, 1.165) is 19.4 Å². The zero-order valence-corrected chi connectivity index (χ0v) is 12.1. The van der Waals surface area contributed by atoms with Crippen LogP contribution >= 0.6 is 0 Å². The van der Waals surface area contributed by atoms with Crippen LogP contribution in [0.15, 0.2) is 24.3 Å². The number of hydrogen-bond donors (Lipinski definition) is 1. The van der Waals surface area contributed by atoms with Crippen LogP contribution in [0.3, 0.4) is 0 Å². The molecular formula is C17H27NO. The molecule has 0 spiro atoms. The molecule has 0 saturated heterocycles. The summed E-state index contributed by atoms with van der Waals surface area (Å²) >= 11 is 0. The van der Waals surface area contributed by atoms with E-state index in [-0.39, 0.29) is 12.1 Å². The van der Waals surface area contributed by atoms with Gasteiger partial charge in [0.1, 0.15) is 0 Å². The van der Waals surface area contributed by atoms with E-state index in [1.165, 1.54) is 43.2 Å². The first kappa shape index (κ1) is 14.5. The standard InChI is InChI=1S/C17H27NO/c1-2-3-4-7-13-19-16-12-8-10-14-9-5-6-11-15(14)17(16)18/h5-6,9,11,16-17H,2-4,7-8,10,12-13,18H2,1H3. The van der Waals surface area contributed by atoms with Gasteiger partial charge < -0.3 is 10.5 Å². The van der Waals surface area contributed by atoms with Crippen molar-refractivity contribution in [3.8, 4) is 0 Å². The highest BCUT2D eigenvalue weighted by atomic mass is 16.5. The summed E-state index contributed by atoms with van der Waals surface area (Å²) < 4.78 is 6.05. The van der Waals surface area contributed by atoms with E-state index in [4.69, 9.17) is 10.5 Å². The molecule has 0 radical (unpaired) electrons. The first-order valence-corrected chi connectivity index (χ1v) is 7.78. The van der Waals surface area contributed by atoms with Crippen LogP contribution in [-0.4, -0.2) is 12.7 Å². The molecule has 1 aromatic rings. The summed E-state index contributed by atoms with van der Waals surface area (Å²) in [7, 11) is 0. The number of unbranched alkanes of at least 4 members (excludes halogenated alkanes) is 3. The summed E-state index contributed by atoms with van der Waals surface area (Å²) in [4.78, 5) is 0. The monoisotopic (exact) mass is 261 g/mol. The number of hydrogen-bond acceptors (Lipinski definition) is 2. The van der Waals surface area contributed by atoms with E-state index in [0.29, 0.717) is 0 Å². The Morgan fingerprint density at radius 2 is 2.05 bits per heavy atom. The molecule has 2 heteroatoms. The van der Waals surface area contributed by atoms with Crippen LogP contribution in [0.5, 0.6) is 0 Å².